The van der Waals surface area contributed by atoms with Gasteiger partial charge in [-0.1, -0.05) is 39.7 Å². The molecule has 4 atom stereocenters. The highest BCUT2D eigenvalue weighted by molar-refractivity contribution is 5.82. The molecule has 0 bridgehead atoms. The van der Waals surface area contributed by atoms with Gasteiger partial charge in [0.05, 0.1) is 5.41 Å². The molecule has 0 spiro atoms. The van der Waals surface area contributed by atoms with Crippen molar-refractivity contribution in [2.24, 2.45) is 22.7 Å². The second-order valence-electron chi connectivity index (χ2n) is 10.4. The van der Waals surface area contributed by atoms with E-state index in [-0.39, 0.29) is 22.8 Å². The minimum Gasteiger partial charge on any atom is -0.444 e. The van der Waals surface area contributed by atoms with Crippen molar-refractivity contribution < 1.29 is 14.3 Å². The van der Waals surface area contributed by atoms with Gasteiger partial charge < -0.3 is 10.1 Å². The number of carbonyl (C=O) groups is 2. The van der Waals surface area contributed by atoms with Gasteiger partial charge in [-0.2, -0.15) is 0 Å². The van der Waals surface area contributed by atoms with Gasteiger partial charge in [-0.05, 0) is 76.2 Å². The normalized spacial score (nSPS) is 30.3. The highest BCUT2D eigenvalue weighted by Gasteiger charge is 2.55. The molecule has 0 aromatic rings. The first-order valence-electron chi connectivity index (χ1n) is 12.8. The lowest BCUT2D eigenvalue weighted by Crippen LogP contribution is -2.50. The van der Waals surface area contributed by atoms with Gasteiger partial charge in [0.2, 0.25) is 0 Å². The van der Waals surface area contributed by atoms with Crippen LogP contribution in [0.4, 0.5) is 4.79 Å². The van der Waals surface area contributed by atoms with Gasteiger partial charge in [0, 0.05) is 25.3 Å². The van der Waals surface area contributed by atoms with Crippen molar-refractivity contribution in [3.8, 4) is 11.8 Å². The maximum atomic E-state index is 12.3. The zero-order valence-corrected chi connectivity index (χ0v) is 22.2. The van der Waals surface area contributed by atoms with Crippen LogP contribution in [0.3, 0.4) is 0 Å². The molecule has 33 heavy (non-hydrogen) atoms. The van der Waals surface area contributed by atoms with E-state index in [1.807, 2.05) is 34.6 Å². The molecule has 2 saturated carbocycles. The predicted octanol–water partition coefficient (Wildman–Crippen LogP) is 7.25. The maximum Gasteiger partial charge on any atom is 0.407 e. The Kier molecular flexibility index (Phi) is 10.9. The third-order valence-corrected chi connectivity index (χ3v) is 7.24. The fourth-order valence-electron chi connectivity index (χ4n) is 5.86. The first-order valence-corrected chi connectivity index (χ1v) is 12.8. The fourth-order valence-corrected chi connectivity index (χ4v) is 5.86. The van der Waals surface area contributed by atoms with E-state index in [0.717, 1.165) is 32.1 Å². The summed E-state index contributed by atoms with van der Waals surface area (Å²) in [6.45, 7) is 20.6. The molecule has 2 fully saturated rings. The Bertz CT molecular complexity index is 766. The van der Waals surface area contributed by atoms with E-state index >= 15 is 0 Å². The van der Waals surface area contributed by atoms with Gasteiger partial charge in [-0.15, -0.1) is 19.1 Å². The first kappa shape index (κ1) is 29.0. The summed E-state index contributed by atoms with van der Waals surface area (Å²) in [7, 11) is 0. The molecule has 0 aromatic carbocycles. The summed E-state index contributed by atoms with van der Waals surface area (Å²) in [5.41, 5.74) is 1.10. The average molecular weight is 458 g/mol. The van der Waals surface area contributed by atoms with Gasteiger partial charge in [0.1, 0.15) is 11.4 Å². The Morgan fingerprint density at radius 1 is 1.24 bits per heavy atom. The monoisotopic (exact) mass is 457 g/mol. The fraction of sp³-hybridized carbons (Fsp3) is 0.724. The van der Waals surface area contributed by atoms with Crippen molar-refractivity contribution >= 4 is 11.9 Å². The zero-order chi connectivity index (χ0) is 25.3. The highest BCUT2D eigenvalue weighted by atomic mass is 16.6. The number of carbonyl (C=O) groups excluding carboxylic acids is 2. The van der Waals surface area contributed by atoms with Crippen molar-refractivity contribution in [2.45, 2.75) is 105 Å². The van der Waals surface area contributed by atoms with Crippen LogP contribution in [0.2, 0.25) is 0 Å². The van der Waals surface area contributed by atoms with Crippen LogP contribution in [0.5, 0.6) is 0 Å². The number of nitrogens with one attached hydrogen (secondary N) is 1. The van der Waals surface area contributed by atoms with Crippen molar-refractivity contribution in [2.75, 3.05) is 6.54 Å². The Labute approximate surface area is 203 Å². The standard InChI is InChI=1S/C25H37NO3.C2H6.C2H4/c1-18-19-11-16-25(14-8-9-17-26-22(28)29-23(2,3)4)13-7-6-10-21(25)24(19,5)15-12-20(18)27;2*1-2/h10,18-19H,6-7,9,11-13,15-17H2,1-5H3,(H,26,28);1-2H3;1-2H2. The summed E-state index contributed by atoms with van der Waals surface area (Å²) in [5.74, 6) is 8.08. The van der Waals surface area contributed by atoms with Crippen LogP contribution in [-0.4, -0.2) is 24.0 Å². The second kappa shape index (κ2) is 12.4. The van der Waals surface area contributed by atoms with E-state index in [2.05, 4.69) is 50.2 Å². The van der Waals surface area contributed by atoms with E-state index in [1.165, 1.54) is 12.0 Å². The minimum atomic E-state index is -0.483. The number of amides is 1. The highest BCUT2D eigenvalue weighted by Crippen LogP contribution is 2.62. The molecule has 4 unspecified atom stereocenters. The Hall–Kier alpha value is -2.02. The van der Waals surface area contributed by atoms with Crippen LogP contribution < -0.4 is 5.32 Å². The van der Waals surface area contributed by atoms with E-state index in [0.29, 0.717) is 31.1 Å². The number of ether oxygens (including phenoxy) is 1. The molecule has 3 rings (SSSR count). The van der Waals surface area contributed by atoms with Crippen LogP contribution in [0.25, 0.3) is 0 Å². The molecule has 186 valence electrons. The SMILES string of the molecule is C=C.CC.CC1C(=O)CCC2(C)C3=CCCCC3(C#CCCNC(=O)OC(C)(C)C)CCC12. The molecule has 4 heteroatoms. The summed E-state index contributed by atoms with van der Waals surface area (Å²) in [6.07, 6.45) is 9.95. The number of hydrogen-bond acceptors (Lipinski definition) is 3. The molecule has 0 aromatic heterocycles. The predicted molar refractivity (Wildman–Crippen MR) is 138 cm³/mol. The van der Waals surface area contributed by atoms with Crippen molar-refractivity contribution in [1.82, 2.24) is 5.32 Å². The van der Waals surface area contributed by atoms with Crippen molar-refractivity contribution in [3.63, 3.8) is 0 Å². The van der Waals surface area contributed by atoms with Gasteiger partial charge in [0.15, 0.2) is 0 Å². The summed E-state index contributed by atoms with van der Waals surface area (Å²) in [5, 5.41) is 2.79. The lowest BCUT2D eigenvalue weighted by atomic mass is 9.47. The summed E-state index contributed by atoms with van der Waals surface area (Å²) >= 11 is 0. The average Bonchev–Trinajstić information content (AvgIpc) is 2.78. The third-order valence-electron chi connectivity index (χ3n) is 7.24. The Balaban J connectivity index is 0.00000129. The molecule has 3 aliphatic carbocycles. The first-order chi connectivity index (χ1) is 15.6. The number of alkyl carbamates (subject to hydrolysis) is 1. The van der Waals surface area contributed by atoms with Gasteiger partial charge in [-0.25, -0.2) is 4.79 Å². The van der Waals surface area contributed by atoms with Crippen LogP contribution in [0.1, 0.15) is 99.8 Å². The molecule has 1 N–H and O–H groups in total. The van der Waals surface area contributed by atoms with Gasteiger partial charge >= 0.3 is 6.09 Å². The summed E-state index contributed by atoms with van der Waals surface area (Å²) < 4.78 is 5.28. The van der Waals surface area contributed by atoms with Crippen molar-refractivity contribution in [1.29, 1.82) is 0 Å². The second-order valence-corrected chi connectivity index (χ2v) is 10.4. The quantitative estimate of drug-likeness (QED) is 0.270. The Morgan fingerprint density at radius 3 is 2.55 bits per heavy atom. The van der Waals surface area contributed by atoms with Crippen LogP contribution in [0.15, 0.2) is 24.8 Å². The Morgan fingerprint density at radius 2 is 1.91 bits per heavy atom. The number of ketones is 1. The molecule has 0 saturated heterocycles. The van der Waals surface area contributed by atoms with Crippen LogP contribution in [0, 0.1) is 34.5 Å². The molecular weight excluding hydrogens is 410 g/mol. The van der Waals surface area contributed by atoms with Crippen LogP contribution in [-0.2, 0) is 9.53 Å². The van der Waals surface area contributed by atoms with Gasteiger partial charge in [0.25, 0.3) is 0 Å². The number of Topliss-reactive ketones (excluding diaryl/α,β-unsaturated/α-hetero) is 1. The smallest absolute Gasteiger partial charge is 0.407 e. The van der Waals surface area contributed by atoms with Crippen LogP contribution >= 0.6 is 0 Å². The summed E-state index contributed by atoms with van der Waals surface area (Å²) in [4.78, 5) is 24.1. The molecule has 0 heterocycles. The molecule has 3 aliphatic rings. The topological polar surface area (TPSA) is 55.4 Å². The van der Waals surface area contributed by atoms with E-state index in [1.54, 1.807) is 0 Å². The molecular formula is C29H47NO3. The van der Waals surface area contributed by atoms with Gasteiger partial charge in [-0.3, -0.25) is 4.79 Å². The number of rotatable bonds is 2. The number of hydrogen-bond donors (Lipinski definition) is 1. The largest absolute Gasteiger partial charge is 0.444 e. The molecule has 0 radical (unpaired) electrons. The van der Waals surface area contributed by atoms with E-state index in [4.69, 9.17) is 4.74 Å². The molecule has 4 nitrogen and oxygen atoms in total. The lowest BCUT2D eigenvalue weighted by Gasteiger charge is -2.56. The molecule has 0 aliphatic heterocycles. The van der Waals surface area contributed by atoms with E-state index in [9.17, 15) is 9.59 Å². The van der Waals surface area contributed by atoms with E-state index < -0.39 is 5.60 Å². The minimum absolute atomic E-state index is 0.0322. The summed E-state index contributed by atoms with van der Waals surface area (Å²) in [6, 6.07) is 0. The molecule has 1 amide bonds. The number of fused-ring (bicyclic) bond motifs is 3. The zero-order valence-electron chi connectivity index (χ0n) is 22.2. The third kappa shape index (κ3) is 6.98. The van der Waals surface area contributed by atoms with Crippen molar-refractivity contribution in [3.05, 3.63) is 24.8 Å². The number of allylic oxidation sites excluding steroid dienone is 2. The lowest BCUT2D eigenvalue weighted by molar-refractivity contribution is -0.131. The maximum absolute atomic E-state index is 12.3.